The van der Waals surface area contributed by atoms with Crippen LogP contribution in [0, 0.1) is 5.82 Å². The summed E-state index contributed by atoms with van der Waals surface area (Å²) >= 11 is 0. The molecule has 2 N–H and O–H groups in total. The quantitative estimate of drug-likeness (QED) is 0.274. The van der Waals surface area contributed by atoms with Gasteiger partial charge in [0.15, 0.2) is 5.96 Å². The molecule has 138 valence electrons. The summed E-state index contributed by atoms with van der Waals surface area (Å²) in [5.74, 6) is 0.520. The third-order valence-electron chi connectivity index (χ3n) is 3.32. The summed E-state index contributed by atoms with van der Waals surface area (Å²) in [7, 11) is 1.66. The fourth-order valence-electron chi connectivity index (χ4n) is 2.13. The van der Waals surface area contributed by atoms with Gasteiger partial charge in [0.25, 0.3) is 0 Å². The zero-order chi connectivity index (χ0) is 17.2. The Bertz CT molecular complexity index is 645. The highest BCUT2D eigenvalue weighted by Crippen LogP contribution is 2.09. The lowest BCUT2D eigenvalue weighted by Gasteiger charge is -2.10. The van der Waals surface area contributed by atoms with Crippen LogP contribution < -0.4 is 10.6 Å². The average Bonchev–Trinajstić information content (AvgIpc) is 3.04. The van der Waals surface area contributed by atoms with E-state index in [0.717, 1.165) is 36.9 Å². The zero-order valence-corrected chi connectivity index (χ0v) is 16.9. The van der Waals surface area contributed by atoms with Crippen LogP contribution >= 0.6 is 24.0 Å². The summed E-state index contributed by atoms with van der Waals surface area (Å²) < 4.78 is 19.7. The molecule has 8 heteroatoms. The molecule has 0 bridgehead atoms. The third kappa shape index (κ3) is 7.39. The maximum absolute atomic E-state index is 13.0. The molecule has 1 aromatic carbocycles. The molecule has 0 spiro atoms. The molecule has 6 nitrogen and oxygen atoms in total. The third-order valence-corrected chi connectivity index (χ3v) is 3.32. The molecule has 0 unspecified atom stereocenters. The van der Waals surface area contributed by atoms with Crippen molar-refractivity contribution in [3.05, 3.63) is 48.0 Å². The predicted molar refractivity (Wildman–Crippen MR) is 108 cm³/mol. The number of ether oxygens (including phenoxy) is 1. The number of guanidine groups is 1. The number of methoxy groups -OCH3 is 1. The molecule has 0 amide bonds. The second kappa shape index (κ2) is 11.8. The fourth-order valence-corrected chi connectivity index (χ4v) is 2.13. The number of hydrogen-bond donors (Lipinski definition) is 2. The largest absolute Gasteiger partial charge is 0.383 e. The number of aromatic nitrogens is 2. The summed E-state index contributed by atoms with van der Waals surface area (Å²) in [5.41, 5.74) is 1.80. The molecular formula is C17H25FIN5O. The number of hydrogen-bond acceptors (Lipinski definition) is 3. The van der Waals surface area contributed by atoms with E-state index in [1.807, 2.05) is 19.2 Å². The summed E-state index contributed by atoms with van der Waals surface area (Å²) in [6.07, 6.45) is 2.64. The van der Waals surface area contributed by atoms with Gasteiger partial charge in [0.2, 0.25) is 0 Å². The van der Waals surface area contributed by atoms with Crippen molar-refractivity contribution in [3.8, 4) is 5.69 Å². The van der Waals surface area contributed by atoms with Crippen LogP contribution in [0.2, 0.25) is 0 Å². The van der Waals surface area contributed by atoms with E-state index in [9.17, 15) is 4.39 Å². The minimum absolute atomic E-state index is 0. The first kappa shape index (κ1) is 21.4. The lowest BCUT2D eigenvalue weighted by molar-refractivity contribution is 0.208. The van der Waals surface area contributed by atoms with Gasteiger partial charge >= 0.3 is 0 Å². The van der Waals surface area contributed by atoms with Gasteiger partial charge in [-0.15, -0.1) is 24.0 Å². The minimum Gasteiger partial charge on any atom is -0.383 e. The van der Waals surface area contributed by atoms with E-state index in [0.29, 0.717) is 13.2 Å². The Kier molecular flexibility index (Phi) is 10.1. The fraction of sp³-hybridized carbons (Fsp3) is 0.412. The lowest BCUT2D eigenvalue weighted by Crippen LogP contribution is -2.38. The van der Waals surface area contributed by atoms with Crippen molar-refractivity contribution < 1.29 is 9.13 Å². The van der Waals surface area contributed by atoms with Crippen molar-refractivity contribution in [1.82, 2.24) is 20.4 Å². The van der Waals surface area contributed by atoms with Crippen LogP contribution in [-0.4, -0.2) is 49.1 Å². The van der Waals surface area contributed by atoms with Gasteiger partial charge in [-0.3, -0.25) is 4.99 Å². The molecule has 2 rings (SSSR count). The molecule has 25 heavy (non-hydrogen) atoms. The van der Waals surface area contributed by atoms with Gasteiger partial charge in [0.1, 0.15) is 5.82 Å². The highest BCUT2D eigenvalue weighted by atomic mass is 127. The van der Waals surface area contributed by atoms with Gasteiger partial charge in [-0.25, -0.2) is 9.07 Å². The van der Waals surface area contributed by atoms with E-state index in [1.165, 1.54) is 12.1 Å². The molecule has 1 aromatic heterocycles. The van der Waals surface area contributed by atoms with Crippen LogP contribution in [0.1, 0.15) is 12.6 Å². The van der Waals surface area contributed by atoms with Crippen LogP contribution in [0.4, 0.5) is 4.39 Å². The van der Waals surface area contributed by atoms with E-state index in [4.69, 9.17) is 4.74 Å². The molecule has 0 saturated carbocycles. The zero-order valence-electron chi connectivity index (χ0n) is 14.5. The van der Waals surface area contributed by atoms with E-state index in [2.05, 4.69) is 20.7 Å². The maximum Gasteiger partial charge on any atom is 0.191 e. The van der Waals surface area contributed by atoms with Crippen LogP contribution in [0.3, 0.4) is 0 Å². The second-order valence-electron chi connectivity index (χ2n) is 5.16. The van der Waals surface area contributed by atoms with Crippen LogP contribution in [-0.2, 0) is 11.2 Å². The topological polar surface area (TPSA) is 63.5 Å². The summed E-state index contributed by atoms with van der Waals surface area (Å²) in [4.78, 5) is 4.40. The number of aliphatic imine (C=N–C) groups is 1. The van der Waals surface area contributed by atoms with Crippen molar-refractivity contribution in [2.45, 2.75) is 13.3 Å². The number of nitrogens with zero attached hydrogens (tertiary/aromatic N) is 3. The summed E-state index contributed by atoms with van der Waals surface area (Å²) in [6.45, 7) is 4.76. The van der Waals surface area contributed by atoms with Crippen LogP contribution in [0.25, 0.3) is 5.69 Å². The Morgan fingerprint density at radius 1 is 1.24 bits per heavy atom. The van der Waals surface area contributed by atoms with Gasteiger partial charge < -0.3 is 15.4 Å². The Balaban J connectivity index is 0.00000312. The Labute approximate surface area is 164 Å². The number of rotatable bonds is 8. The van der Waals surface area contributed by atoms with Crippen molar-refractivity contribution in [1.29, 1.82) is 0 Å². The highest BCUT2D eigenvalue weighted by Gasteiger charge is 2.03. The predicted octanol–water partition coefficient (Wildman–Crippen LogP) is 2.37. The average molecular weight is 461 g/mol. The SMILES string of the molecule is CCNC(=NCCOC)NCCc1ccn(-c2ccc(F)cc2)n1.I. The number of halogens is 2. The van der Waals surface area contributed by atoms with Gasteiger partial charge in [-0.05, 0) is 37.3 Å². The molecule has 0 radical (unpaired) electrons. The van der Waals surface area contributed by atoms with Crippen molar-refractivity contribution in [2.24, 2.45) is 4.99 Å². The molecule has 1 heterocycles. The first-order valence-corrected chi connectivity index (χ1v) is 8.04. The normalized spacial score (nSPS) is 11.1. The summed E-state index contributed by atoms with van der Waals surface area (Å²) in [5, 5.41) is 11.0. The molecule has 0 aliphatic heterocycles. The number of benzene rings is 1. The first-order valence-electron chi connectivity index (χ1n) is 8.04. The second-order valence-corrected chi connectivity index (χ2v) is 5.16. The molecule has 0 fully saturated rings. The van der Waals surface area contributed by atoms with Crippen molar-refractivity contribution >= 4 is 29.9 Å². The van der Waals surface area contributed by atoms with Crippen molar-refractivity contribution in [3.63, 3.8) is 0 Å². The maximum atomic E-state index is 13.0. The standard InChI is InChI=1S/C17H24FN5O.HI/c1-3-19-17(21-11-13-24-2)20-10-8-15-9-12-23(22-15)16-6-4-14(18)5-7-16;/h4-7,9,12H,3,8,10-11,13H2,1-2H3,(H2,19,20,21);1H. The van der Waals surface area contributed by atoms with E-state index >= 15 is 0 Å². The van der Waals surface area contributed by atoms with Crippen LogP contribution in [0.5, 0.6) is 0 Å². The molecule has 0 aliphatic carbocycles. The molecule has 0 aliphatic rings. The van der Waals surface area contributed by atoms with E-state index in [-0.39, 0.29) is 29.8 Å². The van der Waals surface area contributed by atoms with Gasteiger partial charge in [-0.1, -0.05) is 0 Å². The minimum atomic E-state index is -0.251. The van der Waals surface area contributed by atoms with Gasteiger partial charge in [0.05, 0.1) is 24.5 Å². The first-order chi connectivity index (χ1) is 11.7. The Morgan fingerprint density at radius 2 is 2.00 bits per heavy atom. The highest BCUT2D eigenvalue weighted by molar-refractivity contribution is 14.0. The smallest absolute Gasteiger partial charge is 0.191 e. The summed E-state index contributed by atoms with van der Waals surface area (Å²) in [6, 6.07) is 8.22. The van der Waals surface area contributed by atoms with E-state index < -0.39 is 0 Å². The molecule has 0 atom stereocenters. The Hall–Kier alpha value is -1.68. The van der Waals surface area contributed by atoms with Gasteiger partial charge in [0, 0.05) is 32.8 Å². The molecule has 0 saturated heterocycles. The molecular weight excluding hydrogens is 436 g/mol. The van der Waals surface area contributed by atoms with Gasteiger partial charge in [-0.2, -0.15) is 5.10 Å². The number of nitrogens with one attached hydrogen (secondary N) is 2. The lowest BCUT2D eigenvalue weighted by atomic mass is 10.3. The monoisotopic (exact) mass is 461 g/mol. The van der Waals surface area contributed by atoms with Crippen molar-refractivity contribution in [2.75, 3.05) is 33.4 Å². The van der Waals surface area contributed by atoms with Crippen LogP contribution in [0.15, 0.2) is 41.5 Å². The Morgan fingerprint density at radius 3 is 2.68 bits per heavy atom. The van der Waals surface area contributed by atoms with E-state index in [1.54, 1.807) is 23.9 Å². The molecule has 2 aromatic rings.